The van der Waals surface area contributed by atoms with Crippen molar-refractivity contribution in [1.29, 1.82) is 0 Å². The zero-order valence-corrected chi connectivity index (χ0v) is 12.5. The Morgan fingerprint density at radius 2 is 2.12 bits per heavy atom. The first kappa shape index (κ1) is 13.0. The van der Waals surface area contributed by atoms with Gasteiger partial charge in [-0.2, -0.15) is 4.37 Å². The maximum absolute atomic E-state index is 5.89. The van der Waals surface area contributed by atoms with Crippen molar-refractivity contribution >= 4 is 34.1 Å². The van der Waals surface area contributed by atoms with Gasteiger partial charge in [0.25, 0.3) is 0 Å². The molecule has 0 spiro atoms. The molecule has 0 aromatic carbocycles. The van der Waals surface area contributed by atoms with Crippen LogP contribution in [0.3, 0.4) is 0 Å². The molecule has 1 fully saturated rings. The van der Waals surface area contributed by atoms with E-state index in [0.29, 0.717) is 11.2 Å². The number of hydrogen-bond donors (Lipinski definition) is 1. The highest BCUT2D eigenvalue weighted by atomic mass is 32.2. The molecule has 0 radical (unpaired) electrons. The number of nitrogens with zero attached hydrogens (tertiary/aromatic N) is 2. The summed E-state index contributed by atoms with van der Waals surface area (Å²) in [5.74, 6) is 0.696. The molecular weight excluding hydrogens is 250 g/mol. The number of hydrogen-bond acceptors (Lipinski definition) is 5. The van der Waals surface area contributed by atoms with Crippen molar-refractivity contribution in [3.05, 3.63) is 0 Å². The average Bonchev–Trinajstić information content (AvgIpc) is 2.71. The molecule has 1 aliphatic heterocycles. The van der Waals surface area contributed by atoms with E-state index >= 15 is 0 Å². The molecule has 0 amide bonds. The summed E-state index contributed by atoms with van der Waals surface area (Å²) in [4.78, 5) is 3.62. The van der Waals surface area contributed by atoms with Crippen LogP contribution in [0.5, 0.6) is 0 Å². The molecule has 1 aromatic rings. The van der Waals surface area contributed by atoms with E-state index in [-0.39, 0.29) is 0 Å². The molecule has 2 N–H and O–H groups in total. The molecular formula is C12H21N3S2. The van der Waals surface area contributed by atoms with E-state index < -0.39 is 0 Å². The second kappa shape index (κ2) is 5.06. The number of thioether (sulfide) groups is 1. The number of rotatable bonds is 3. The lowest BCUT2D eigenvalue weighted by Crippen LogP contribution is -2.38. The van der Waals surface area contributed by atoms with Gasteiger partial charge in [0, 0.05) is 13.1 Å². The van der Waals surface area contributed by atoms with Crippen LogP contribution in [-0.4, -0.2) is 23.7 Å². The third-order valence-electron chi connectivity index (χ3n) is 3.97. The van der Waals surface area contributed by atoms with Gasteiger partial charge >= 0.3 is 0 Å². The third kappa shape index (κ3) is 2.55. The quantitative estimate of drug-likeness (QED) is 0.855. The number of anilines is 2. The predicted molar refractivity (Wildman–Crippen MR) is 78.2 cm³/mol. The molecule has 0 unspecified atom stereocenters. The summed E-state index contributed by atoms with van der Waals surface area (Å²) in [6, 6.07) is 0. The van der Waals surface area contributed by atoms with E-state index in [2.05, 4.69) is 29.4 Å². The van der Waals surface area contributed by atoms with Crippen LogP contribution >= 0.6 is 23.3 Å². The number of aromatic nitrogens is 1. The lowest BCUT2D eigenvalue weighted by atomic mass is 9.78. The maximum atomic E-state index is 5.89. The molecule has 0 saturated carbocycles. The first-order chi connectivity index (χ1) is 8.09. The van der Waals surface area contributed by atoms with Crippen LogP contribution in [0.15, 0.2) is 4.90 Å². The van der Waals surface area contributed by atoms with Crippen LogP contribution in [0, 0.1) is 5.41 Å². The highest BCUT2D eigenvalue weighted by Gasteiger charge is 2.30. The highest BCUT2D eigenvalue weighted by molar-refractivity contribution is 7.99. The summed E-state index contributed by atoms with van der Waals surface area (Å²) in [7, 11) is 0. The van der Waals surface area contributed by atoms with E-state index in [9.17, 15) is 0 Å². The van der Waals surface area contributed by atoms with Gasteiger partial charge < -0.3 is 10.6 Å². The number of nitrogen functional groups attached to an aromatic ring is 1. The van der Waals surface area contributed by atoms with Crippen molar-refractivity contribution in [2.45, 2.75) is 38.0 Å². The molecule has 2 heterocycles. The topological polar surface area (TPSA) is 42.2 Å². The van der Waals surface area contributed by atoms with E-state index in [1.807, 2.05) is 0 Å². The van der Waals surface area contributed by atoms with Gasteiger partial charge in [0.15, 0.2) is 5.82 Å². The summed E-state index contributed by atoms with van der Waals surface area (Å²) in [5, 5.41) is 1.27. The standard InChI is InChI=1S/C12H21N3S2/c1-4-12(2)5-7-15(8-6-12)11-9(16-3)10(13)14-17-11/h4-8H2,1-3H3,(H2,13,14). The van der Waals surface area contributed by atoms with Gasteiger partial charge in [0.1, 0.15) is 5.00 Å². The molecule has 0 bridgehead atoms. The van der Waals surface area contributed by atoms with Crippen LogP contribution in [0.1, 0.15) is 33.1 Å². The van der Waals surface area contributed by atoms with Gasteiger partial charge in [0.2, 0.25) is 0 Å². The Hall–Kier alpha value is -0.420. The predicted octanol–water partition coefficient (Wildman–Crippen LogP) is 3.46. The van der Waals surface area contributed by atoms with Crippen LogP contribution in [-0.2, 0) is 0 Å². The van der Waals surface area contributed by atoms with Gasteiger partial charge in [-0.3, -0.25) is 0 Å². The van der Waals surface area contributed by atoms with Gasteiger partial charge in [0.05, 0.1) is 4.90 Å². The summed E-state index contributed by atoms with van der Waals surface area (Å²) < 4.78 is 4.28. The zero-order valence-electron chi connectivity index (χ0n) is 10.8. The lowest BCUT2D eigenvalue weighted by Gasteiger charge is -2.39. The molecule has 1 aromatic heterocycles. The number of piperidine rings is 1. The molecule has 1 saturated heterocycles. The van der Waals surface area contributed by atoms with Gasteiger partial charge in [-0.1, -0.05) is 20.3 Å². The van der Waals surface area contributed by atoms with E-state index in [0.717, 1.165) is 18.0 Å². The van der Waals surface area contributed by atoms with Gasteiger partial charge in [-0.25, -0.2) is 0 Å². The van der Waals surface area contributed by atoms with Crippen molar-refractivity contribution in [2.75, 3.05) is 30.0 Å². The average molecular weight is 271 g/mol. The largest absolute Gasteiger partial charge is 0.382 e. The first-order valence-corrected chi connectivity index (χ1v) is 8.13. The van der Waals surface area contributed by atoms with E-state index in [1.54, 1.807) is 23.3 Å². The van der Waals surface area contributed by atoms with Crippen LogP contribution < -0.4 is 10.6 Å². The van der Waals surface area contributed by atoms with Gasteiger partial charge in [-0.15, -0.1) is 11.8 Å². The van der Waals surface area contributed by atoms with Crippen molar-refractivity contribution in [2.24, 2.45) is 5.41 Å². The minimum absolute atomic E-state index is 0.534. The van der Waals surface area contributed by atoms with Crippen LogP contribution in [0.25, 0.3) is 0 Å². The highest BCUT2D eigenvalue weighted by Crippen LogP contribution is 2.41. The summed E-state index contributed by atoms with van der Waals surface area (Å²) in [5.41, 5.74) is 6.42. The van der Waals surface area contributed by atoms with Crippen molar-refractivity contribution in [1.82, 2.24) is 4.37 Å². The van der Waals surface area contributed by atoms with Crippen LogP contribution in [0.2, 0.25) is 0 Å². The SMILES string of the molecule is CCC1(C)CCN(c2snc(N)c2SC)CC1. The molecule has 2 rings (SSSR count). The molecule has 17 heavy (non-hydrogen) atoms. The molecule has 5 heteroatoms. The second-order valence-electron chi connectivity index (χ2n) is 5.06. The van der Waals surface area contributed by atoms with E-state index in [4.69, 9.17) is 5.73 Å². The summed E-state index contributed by atoms with van der Waals surface area (Å²) >= 11 is 3.25. The minimum Gasteiger partial charge on any atom is -0.382 e. The molecule has 1 aliphatic rings. The molecule has 96 valence electrons. The smallest absolute Gasteiger partial charge is 0.153 e. The van der Waals surface area contributed by atoms with E-state index in [1.165, 1.54) is 24.3 Å². The van der Waals surface area contributed by atoms with Crippen molar-refractivity contribution in [3.8, 4) is 0 Å². The Balaban J connectivity index is 2.10. The summed E-state index contributed by atoms with van der Waals surface area (Å²) in [6.07, 6.45) is 5.90. The Bertz CT molecular complexity index is 381. The van der Waals surface area contributed by atoms with Crippen LogP contribution in [0.4, 0.5) is 10.8 Å². The Morgan fingerprint density at radius 1 is 1.47 bits per heavy atom. The monoisotopic (exact) mass is 271 g/mol. The molecule has 0 atom stereocenters. The Morgan fingerprint density at radius 3 is 2.65 bits per heavy atom. The lowest BCUT2D eigenvalue weighted by molar-refractivity contribution is 0.238. The number of nitrogens with two attached hydrogens (primary N) is 1. The fourth-order valence-corrected chi connectivity index (χ4v) is 4.02. The third-order valence-corrected chi connectivity index (χ3v) is 5.84. The summed E-state index contributed by atoms with van der Waals surface area (Å²) in [6.45, 7) is 6.98. The van der Waals surface area contributed by atoms with Crippen molar-refractivity contribution < 1.29 is 0 Å². The normalized spacial score (nSPS) is 19.6. The van der Waals surface area contributed by atoms with Crippen molar-refractivity contribution in [3.63, 3.8) is 0 Å². The second-order valence-corrected chi connectivity index (χ2v) is 6.63. The maximum Gasteiger partial charge on any atom is 0.153 e. The fraction of sp³-hybridized carbons (Fsp3) is 0.750. The Kier molecular flexibility index (Phi) is 3.88. The molecule has 3 nitrogen and oxygen atoms in total. The van der Waals surface area contributed by atoms with Gasteiger partial charge in [-0.05, 0) is 36.0 Å². The first-order valence-electron chi connectivity index (χ1n) is 6.14. The molecule has 0 aliphatic carbocycles. The minimum atomic E-state index is 0.534. The fourth-order valence-electron chi connectivity index (χ4n) is 2.28. The zero-order chi connectivity index (χ0) is 12.5. The Labute approximate surface area is 112 Å².